The van der Waals surface area contributed by atoms with E-state index >= 15 is 0 Å². The summed E-state index contributed by atoms with van der Waals surface area (Å²) in [5.41, 5.74) is 0.472. The Morgan fingerprint density at radius 1 is 1.28 bits per heavy atom. The average Bonchev–Trinajstić information content (AvgIpc) is 3.28. The molecule has 2 saturated carbocycles. The highest BCUT2D eigenvalue weighted by molar-refractivity contribution is 7.98. The van der Waals surface area contributed by atoms with Gasteiger partial charge in [0, 0.05) is 24.6 Å². The van der Waals surface area contributed by atoms with Gasteiger partial charge < -0.3 is 10.1 Å². The van der Waals surface area contributed by atoms with Crippen molar-refractivity contribution in [1.82, 2.24) is 5.32 Å². The summed E-state index contributed by atoms with van der Waals surface area (Å²) in [6, 6.07) is 0.836. The third-order valence-electron chi connectivity index (χ3n) is 4.89. The largest absolute Gasteiger partial charge is 0.377 e. The summed E-state index contributed by atoms with van der Waals surface area (Å²) in [5, 5.41) is 3.79. The fourth-order valence-corrected chi connectivity index (χ4v) is 3.92. The van der Waals surface area contributed by atoms with Crippen LogP contribution in [-0.4, -0.2) is 37.3 Å². The highest BCUT2D eigenvalue weighted by Crippen LogP contribution is 2.50. The van der Waals surface area contributed by atoms with Gasteiger partial charge in [0.05, 0.1) is 6.10 Å². The standard InChI is InChI=1S/C15H27NOS/c1-18-10-2-7-15(11-16-13-5-6-13)8-9-17-14(15)12-3-4-12/h12-14,16H,2-11H2,1H3. The van der Waals surface area contributed by atoms with E-state index in [1.165, 1.54) is 57.2 Å². The zero-order valence-corrected chi connectivity index (χ0v) is 12.4. The van der Waals surface area contributed by atoms with Crippen molar-refractivity contribution >= 4 is 11.8 Å². The van der Waals surface area contributed by atoms with Crippen LogP contribution in [0, 0.1) is 11.3 Å². The summed E-state index contributed by atoms with van der Waals surface area (Å²) >= 11 is 1.98. The van der Waals surface area contributed by atoms with Crippen molar-refractivity contribution < 1.29 is 4.74 Å². The van der Waals surface area contributed by atoms with Crippen LogP contribution in [0.3, 0.4) is 0 Å². The topological polar surface area (TPSA) is 21.3 Å². The fraction of sp³-hybridized carbons (Fsp3) is 1.00. The SMILES string of the molecule is CSCCCC1(CNC2CC2)CCOC1C1CC1. The maximum Gasteiger partial charge on any atom is 0.0672 e. The van der Waals surface area contributed by atoms with Gasteiger partial charge in [0.1, 0.15) is 0 Å². The second kappa shape index (κ2) is 5.72. The van der Waals surface area contributed by atoms with Gasteiger partial charge in [-0.05, 0) is 62.9 Å². The Kier molecular flexibility index (Phi) is 4.21. The van der Waals surface area contributed by atoms with E-state index in [0.29, 0.717) is 11.5 Å². The van der Waals surface area contributed by atoms with Gasteiger partial charge in [-0.15, -0.1) is 0 Å². The first-order valence-corrected chi connectivity index (χ1v) is 9.07. The van der Waals surface area contributed by atoms with Crippen molar-refractivity contribution in [2.24, 2.45) is 11.3 Å². The summed E-state index contributed by atoms with van der Waals surface area (Å²) in [6.45, 7) is 2.22. The molecule has 1 aliphatic heterocycles. The van der Waals surface area contributed by atoms with E-state index in [-0.39, 0.29) is 0 Å². The van der Waals surface area contributed by atoms with Crippen molar-refractivity contribution in [3.05, 3.63) is 0 Å². The molecule has 3 fully saturated rings. The van der Waals surface area contributed by atoms with Gasteiger partial charge in [-0.2, -0.15) is 11.8 Å². The predicted octanol–water partition coefficient (Wildman–Crippen LogP) is 3.07. The first kappa shape index (κ1) is 13.3. The minimum atomic E-state index is 0.472. The molecule has 3 aliphatic rings. The lowest BCUT2D eigenvalue weighted by molar-refractivity contribution is 0.0261. The van der Waals surface area contributed by atoms with E-state index in [4.69, 9.17) is 4.74 Å². The third-order valence-corrected chi connectivity index (χ3v) is 5.59. The zero-order valence-electron chi connectivity index (χ0n) is 11.6. The lowest BCUT2D eigenvalue weighted by atomic mass is 9.75. The summed E-state index contributed by atoms with van der Waals surface area (Å²) in [5.74, 6) is 2.20. The smallest absolute Gasteiger partial charge is 0.0672 e. The molecule has 1 heterocycles. The van der Waals surface area contributed by atoms with E-state index in [1.807, 2.05) is 11.8 Å². The number of thioether (sulfide) groups is 1. The Labute approximate surface area is 116 Å². The number of hydrogen-bond acceptors (Lipinski definition) is 3. The molecule has 0 bridgehead atoms. The molecular weight excluding hydrogens is 242 g/mol. The van der Waals surface area contributed by atoms with Crippen LogP contribution in [0.25, 0.3) is 0 Å². The second-order valence-electron chi connectivity index (χ2n) is 6.49. The summed E-state index contributed by atoms with van der Waals surface area (Å²) < 4.78 is 6.13. The fourth-order valence-electron chi connectivity index (χ4n) is 3.49. The van der Waals surface area contributed by atoms with Crippen LogP contribution < -0.4 is 5.32 Å². The quantitative estimate of drug-likeness (QED) is 0.684. The normalized spacial score (nSPS) is 36.2. The third kappa shape index (κ3) is 3.05. The minimum Gasteiger partial charge on any atom is -0.377 e. The maximum absolute atomic E-state index is 6.13. The first-order valence-electron chi connectivity index (χ1n) is 7.68. The molecule has 0 spiro atoms. The van der Waals surface area contributed by atoms with Crippen molar-refractivity contribution in [3.63, 3.8) is 0 Å². The molecular formula is C15H27NOS. The first-order chi connectivity index (χ1) is 8.84. The molecule has 0 aromatic heterocycles. The van der Waals surface area contributed by atoms with Crippen LogP contribution in [0.5, 0.6) is 0 Å². The van der Waals surface area contributed by atoms with Gasteiger partial charge in [-0.3, -0.25) is 0 Å². The summed E-state index contributed by atoms with van der Waals surface area (Å²) in [7, 11) is 0. The molecule has 0 radical (unpaired) electrons. The highest BCUT2D eigenvalue weighted by atomic mass is 32.2. The van der Waals surface area contributed by atoms with Crippen LogP contribution in [0.4, 0.5) is 0 Å². The van der Waals surface area contributed by atoms with Gasteiger partial charge in [0.25, 0.3) is 0 Å². The Morgan fingerprint density at radius 3 is 2.78 bits per heavy atom. The van der Waals surface area contributed by atoms with Gasteiger partial charge in [-0.25, -0.2) is 0 Å². The van der Waals surface area contributed by atoms with Crippen LogP contribution >= 0.6 is 11.8 Å². The number of nitrogens with one attached hydrogen (secondary N) is 1. The zero-order chi connectivity index (χ0) is 12.4. The number of ether oxygens (including phenoxy) is 1. The van der Waals surface area contributed by atoms with Crippen molar-refractivity contribution in [1.29, 1.82) is 0 Å². The Morgan fingerprint density at radius 2 is 2.11 bits per heavy atom. The molecule has 2 nitrogen and oxygen atoms in total. The van der Waals surface area contributed by atoms with Crippen LogP contribution in [0.15, 0.2) is 0 Å². The minimum absolute atomic E-state index is 0.472. The molecule has 2 unspecified atom stereocenters. The number of hydrogen-bond donors (Lipinski definition) is 1. The molecule has 3 rings (SSSR count). The van der Waals surface area contributed by atoms with Crippen molar-refractivity contribution in [2.45, 2.75) is 57.1 Å². The van der Waals surface area contributed by atoms with Crippen LogP contribution in [0.2, 0.25) is 0 Å². The number of rotatable bonds is 8. The predicted molar refractivity (Wildman–Crippen MR) is 78.2 cm³/mol. The van der Waals surface area contributed by atoms with Crippen molar-refractivity contribution in [3.8, 4) is 0 Å². The van der Waals surface area contributed by atoms with Gasteiger partial charge in [-0.1, -0.05) is 0 Å². The Bertz CT molecular complexity index is 278. The molecule has 1 N–H and O–H groups in total. The Balaban J connectivity index is 1.60. The van der Waals surface area contributed by atoms with E-state index in [2.05, 4.69) is 11.6 Å². The molecule has 2 aliphatic carbocycles. The highest BCUT2D eigenvalue weighted by Gasteiger charge is 2.50. The van der Waals surface area contributed by atoms with Crippen LogP contribution in [0.1, 0.15) is 44.9 Å². The van der Waals surface area contributed by atoms with E-state index < -0.39 is 0 Å². The lowest BCUT2D eigenvalue weighted by Gasteiger charge is -2.35. The van der Waals surface area contributed by atoms with Gasteiger partial charge >= 0.3 is 0 Å². The van der Waals surface area contributed by atoms with Crippen LogP contribution in [-0.2, 0) is 4.74 Å². The molecule has 3 heteroatoms. The van der Waals surface area contributed by atoms with E-state index in [0.717, 1.165) is 18.6 Å². The van der Waals surface area contributed by atoms with Gasteiger partial charge in [0.15, 0.2) is 0 Å². The molecule has 1 saturated heterocycles. The summed E-state index contributed by atoms with van der Waals surface area (Å²) in [4.78, 5) is 0. The monoisotopic (exact) mass is 269 g/mol. The molecule has 18 heavy (non-hydrogen) atoms. The van der Waals surface area contributed by atoms with Gasteiger partial charge in [0.2, 0.25) is 0 Å². The Hall–Kier alpha value is 0.270. The molecule has 104 valence electrons. The molecule has 2 atom stereocenters. The molecule has 0 amide bonds. The lowest BCUT2D eigenvalue weighted by Crippen LogP contribution is -2.42. The van der Waals surface area contributed by atoms with E-state index in [1.54, 1.807) is 0 Å². The average molecular weight is 269 g/mol. The molecule has 0 aromatic rings. The summed E-state index contributed by atoms with van der Waals surface area (Å²) in [6.07, 6.45) is 12.4. The van der Waals surface area contributed by atoms with E-state index in [9.17, 15) is 0 Å². The second-order valence-corrected chi connectivity index (χ2v) is 7.48. The molecule has 0 aromatic carbocycles. The maximum atomic E-state index is 6.13. The van der Waals surface area contributed by atoms with Crippen molar-refractivity contribution in [2.75, 3.05) is 25.2 Å².